The number of morpholine rings is 1. The Balaban J connectivity index is 1.81. The zero-order chi connectivity index (χ0) is 15.7. The Morgan fingerprint density at radius 3 is 2.95 bits per heavy atom. The number of halogens is 3. The summed E-state index contributed by atoms with van der Waals surface area (Å²) < 4.78 is 19.3. The van der Waals surface area contributed by atoms with Crippen molar-refractivity contribution in [3.8, 4) is 0 Å². The molecule has 1 amide bonds. The van der Waals surface area contributed by atoms with Crippen LogP contribution in [-0.2, 0) is 4.74 Å². The summed E-state index contributed by atoms with van der Waals surface area (Å²) in [4.78, 5) is 20.5. The van der Waals surface area contributed by atoms with E-state index in [2.05, 4.69) is 9.97 Å². The third-order valence-corrected chi connectivity index (χ3v) is 4.09. The largest absolute Gasteiger partial charge is 0.370 e. The Morgan fingerprint density at radius 2 is 2.23 bits per heavy atom. The van der Waals surface area contributed by atoms with Crippen LogP contribution in [-0.4, -0.2) is 40.5 Å². The fourth-order valence-corrected chi connectivity index (χ4v) is 2.85. The Hall–Kier alpha value is -1.63. The second-order valence-corrected chi connectivity index (χ2v) is 5.68. The van der Waals surface area contributed by atoms with Crippen LogP contribution in [0.5, 0.6) is 0 Å². The maximum absolute atomic E-state index is 13.7. The minimum Gasteiger partial charge on any atom is -0.370 e. The van der Waals surface area contributed by atoms with E-state index < -0.39 is 11.9 Å². The molecule has 1 atom stereocenters. The van der Waals surface area contributed by atoms with Gasteiger partial charge in [0.25, 0.3) is 5.91 Å². The lowest BCUT2D eigenvalue weighted by atomic mass is 10.1. The molecule has 3 rings (SSSR count). The van der Waals surface area contributed by atoms with Crippen LogP contribution in [0.4, 0.5) is 4.39 Å². The molecule has 0 saturated carbocycles. The number of imidazole rings is 1. The number of rotatable bonds is 2. The zero-order valence-corrected chi connectivity index (χ0v) is 12.9. The van der Waals surface area contributed by atoms with Crippen LogP contribution < -0.4 is 0 Å². The molecule has 0 unspecified atom stereocenters. The molecule has 1 fully saturated rings. The highest BCUT2D eigenvalue weighted by molar-refractivity contribution is 6.35. The van der Waals surface area contributed by atoms with Crippen LogP contribution in [0.2, 0.25) is 10.0 Å². The minimum absolute atomic E-state index is 0.0463. The summed E-state index contributed by atoms with van der Waals surface area (Å²) in [6, 6.07) is 2.59. The summed E-state index contributed by atoms with van der Waals surface area (Å²) in [6.07, 6.45) is 2.40. The molecule has 1 aromatic heterocycles. The van der Waals surface area contributed by atoms with E-state index in [1.807, 2.05) is 0 Å². The number of carbonyl (C=O) groups excluding carboxylic acids is 1. The molecular weight excluding hydrogens is 332 g/mol. The first-order valence-corrected chi connectivity index (χ1v) is 7.35. The van der Waals surface area contributed by atoms with Crippen LogP contribution in [0, 0.1) is 5.82 Å². The van der Waals surface area contributed by atoms with E-state index >= 15 is 0 Å². The number of aromatic amines is 1. The van der Waals surface area contributed by atoms with Gasteiger partial charge in [0.1, 0.15) is 17.6 Å². The highest BCUT2D eigenvalue weighted by Gasteiger charge is 2.28. The molecule has 1 aromatic carbocycles. The number of carbonyl (C=O) groups is 1. The van der Waals surface area contributed by atoms with Crippen molar-refractivity contribution >= 4 is 29.1 Å². The van der Waals surface area contributed by atoms with Crippen molar-refractivity contribution in [1.82, 2.24) is 14.9 Å². The number of amides is 1. The molecular formula is C14H12Cl2FN3O2. The lowest BCUT2D eigenvalue weighted by Crippen LogP contribution is -2.42. The molecule has 1 aliphatic heterocycles. The van der Waals surface area contributed by atoms with E-state index in [0.29, 0.717) is 29.4 Å². The van der Waals surface area contributed by atoms with E-state index in [9.17, 15) is 9.18 Å². The number of benzene rings is 1. The zero-order valence-electron chi connectivity index (χ0n) is 11.4. The van der Waals surface area contributed by atoms with Gasteiger partial charge in [-0.15, -0.1) is 0 Å². The number of hydrogen-bond acceptors (Lipinski definition) is 3. The van der Waals surface area contributed by atoms with Gasteiger partial charge in [0.15, 0.2) is 0 Å². The second kappa shape index (κ2) is 6.24. The van der Waals surface area contributed by atoms with Gasteiger partial charge >= 0.3 is 0 Å². The maximum Gasteiger partial charge on any atom is 0.272 e. The second-order valence-electron chi connectivity index (χ2n) is 4.86. The Morgan fingerprint density at radius 1 is 1.41 bits per heavy atom. The quantitative estimate of drug-likeness (QED) is 0.852. The fraction of sp³-hybridized carbons (Fsp3) is 0.286. The summed E-state index contributed by atoms with van der Waals surface area (Å²) in [7, 11) is 0. The summed E-state index contributed by atoms with van der Waals surface area (Å²) in [5.41, 5.74) is 0.875. The lowest BCUT2D eigenvalue weighted by Gasteiger charge is -2.33. The van der Waals surface area contributed by atoms with Crippen molar-refractivity contribution in [3.05, 3.63) is 51.8 Å². The predicted molar refractivity (Wildman–Crippen MR) is 79.6 cm³/mol. The average molecular weight is 344 g/mol. The first-order chi connectivity index (χ1) is 10.6. The van der Waals surface area contributed by atoms with Crippen molar-refractivity contribution in [3.63, 3.8) is 0 Å². The molecule has 0 aliphatic carbocycles. The van der Waals surface area contributed by atoms with Crippen LogP contribution >= 0.6 is 23.2 Å². The molecule has 1 N–H and O–H groups in total. The minimum atomic E-state index is -0.568. The normalized spacial score (nSPS) is 18.5. The van der Waals surface area contributed by atoms with Gasteiger partial charge in [0, 0.05) is 17.1 Å². The smallest absolute Gasteiger partial charge is 0.272 e. The highest BCUT2D eigenvalue weighted by atomic mass is 35.5. The van der Waals surface area contributed by atoms with Crippen molar-refractivity contribution in [1.29, 1.82) is 0 Å². The lowest BCUT2D eigenvalue weighted by molar-refractivity contribution is -0.0230. The van der Waals surface area contributed by atoms with Crippen molar-refractivity contribution in [2.45, 2.75) is 6.10 Å². The third kappa shape index (κ3) is 2.95. The molecule has 8 heteroatoms. The molecule has 0 spiro atoms. The first kappa shape index (κ1) is 15.3. The van der Waals surface area contributed by atoms with Gasteiger partial charge in [0.2, 0.25) is 0 Å². The number of nitrogens with zero attached hydrogens (tertiary/aromatic N) is 2. The first-order valence-electron chi connectivity index (χ1n) is 6.60. The van der Waals surface area contributed by atoms with Crippen molar-refractivity contribution < 1.29 is 13.9 Å². The molecule has 0 radical (unpaired) electrons. The number of nitrogens with one attached hydrogen (secondary N) is 1. The number of ether oxygens (including phenoxy) is 1. The highest BCUT2D eigenvalue weighted by Crippen LogP contribution is 2.32. The molecule has 22 heavy (non-hydrogen) atoms. The van der Waals surface area contributed by atoms with E-state index in [1.54, 1.807) is 4.90 Å². The van der Waals surface area contributed by atoms with Crippen molar-refractivity contribution in [2.75, 3.05) is 19.7 Å². The maximum atomic E-state index is 13.7. The summed E-state index contributed by atoms with van der Waals surface area (Å²) in [5, 5.41) is 0.266. The molecule has 116 valence electrons. The van der Waals surface area contributed by atoms with Crippen LogP contribution in [0.15, 0.2) is 24.7 Å². The van der Waals surface area contributed by atoms with E-state index in [-0.39, 0.29) is 17.5 Å². The van der Waals surface area contributed by atoms with Gasteiger partial charge in [0.05, 0.1) is 30.7 Å². The van der Waals surface area contributed by atoms with Gasteiger partial charge in [-0.05, 0) is 12.1 Å². The van der Waals surface area contributed by atoms with Crippen molar-refractivity contribution in [2.24, 2.45) is 0 Å². The monoisotopic (exact) mass is 343 g/mol. The topological polar surface area (TPSA) is 58.2 Å². The van der Waals surface area contributed by atoms with Gasteiger partial charge in [-0.1, -0.05) is 23.2 Å². The number of H-pyrrole nitrogens is 1. The Bertz CT molecular complexity index is 694. The summed E-state index contributed by atoms with van der Waals surface area (Å²) in [5.74, 6) is -0.752. The Labute approximate surface area is 136 Å². The molecule has 2 aromatic rings. The van der Waals surface area contributed by atoms with E-state index in [4.69, 9.17) is 27.9 Å². The fourth-order valence-electron chi connectivity index (χ4n) is 2.35. The summed E-state index contributed by atoms with van der Waals surface area (Å²) in [6.45, 7) is 1.06. The SMILES string of the molecule is O=C(c1cnc[nH]1)N1CCO[C@H](c2cc(F)c(Cl)cc2Cl)C1. The van der Waals surface area contributed by atoms with Gasteiger partial charge < -0.3 is 14.6 Å². The van der Waals surface area contributed by atoms with Gasteiger partial charge in [-0.2, -0.15) is 0 Å². The summed E-state index contributed by atoms with van der Waals surface area (Å²) >= 11 is 11.8. The van der Waals surface area contributed by atoms with Crippen LogP contribution in [0.3, 0.4) is 0 Å². The van der Waals surface area contributed by atoms with E-state index in [1.165, 1.54) is 24.7 Å². The van der Waals surface area contributed by atoms with Crippen LogP contribution in [0.25, 0.3) is 0 Å². The number of hydrogen-bond donors (Lipinski definition) is 1. The molecule has 5 nitrogen and oxygen atoms in total. The molecule has 1 saturated heterocycles. The molecule has 2 heterocycles. The predicted octanol–water partition coefficient (Wildman–Crippen LogP) is 3.07. The molecule has 0 bridgehead atoms. The van der Waals surface area contributed by atoms with E-state index in [0.717, 1.165) is 0 Å². The van der Waals surface area contributed by atoms with Gasteiger partial charge in [-0.25, -0.2) is 9.37 Å². The van der Waals surface area contributed by atoms with Gasteiger partial charge in [-0.3, -0.25) is 4.79 Å². The number of aromatic nitrogens is 2. The standard InChI is InChI=1S/C14H12Cl2FN3O2/c15-9-4-10(16)11(17)3-8(9)13-6-20(1-2-22-13)14(21)12-5-18-7-19-12/h3-5,7,13H,1-2,6H2,(H,18,19)/t13-/m0/s1. The Kier molecular flexibility index (Phi) is 4.33. The average Bonchev–Trinajstić information content (AvgIpc) is 3.04. The molecule has 1 aliphatic rings. The van der Waals surface area contributed by atoms with Crippen LogP contribution in [0.1, 0.15) is 22.2 Å². The third-order valence-electron chi connectivity index (χ3n) is 3.47.